The van der Waals surface area contributed by atoms with Crippen LogP contribution in [0.5, 0.6) is 0 Å². The molecule has 1 aromatic rings. The summed E-state index contributed by atoms with van der Waals surface area (Å²) in [6.07, 6.45) is 5.31. The molecule has 1 aromatic heterocycles. The van der Waals surface area contributed by atoms with Crippen LogP contribution in [0.1, 0.15) is 39.5 Å². The van der Waals surface area contributed by atoms with Gasteiger partial charge in [0.25, 0.3) is 0 Å². The number of rotatable bonds is 5. The lowest BCUT2D eigenvalue weighted by Crippen LogP contribution is -2.53. The van der Waals surface area contributed by atoms with Gasteiger partial charge in [-0.2, -0.15) is 0 Å². The molecule has 0 saturated carbocycles. The molecule has 0 bridgehead atoms. The van der Waals surface area contributed by atoms with Crippen LogP contribution in [0.25, 0.3) is 0 Å². The Labute approximate surface area is 162 Å². The molecule has 1 unspecified atom stereocenters. The van der Waals surface area contributed by atoms with Gasteiger partial charge in [0.1, 0.15) is 5.82 Å². The monoisotopic (exact) mass is 372 g/mol. The lowest BCUT2D eigenvalue weighted by Gasteiger charge is -2.39. The Balaban J connectivity index is 1.49. The molecule has 2 saturated heterocycles. The maximum absolute atomic E-state index is 13.0. The fraction of sp³-hybridized carbons (Fsp3) is 0.667. The van der Waals surface area contributed by atoms with E-state index in [2.05, 4.69) is 23.7 Å². The number of hydrogen-bond donors (Lipinski definition) is 0. The lowest BCUT2D eigenvalue weighted by atomic mass is 9.96. The third kappa shape index (κ3) is 5.21. The first-order valence-corrected chi connectivity index (χ1v) is 10.3. The first-order valence-electron chi connectivity index (χ1n) is 10.3. The van der Waals surface area contributed by atoms with E-state index in [-0.39, 0.29) is 17.7 Å². The van der Waals surface area contributed by atoms with Gasteiger partial charge in [-0.15, -0.1) is 0 Å². The summed E-state index contributed by atoms with van der Waals surface area (Å²) in [7, 11) is 0. The number of piperidine rings is 1. The smallest absolute Gasteiger partial charge is 0.227 e. The van der Waals surface area contributed by atoms with Crippen molar-refractivity contribution in [3.63, 3.8) is 0 Å². The molecule has 0 spiro atoms. The van der Waals surface area contributed by atoms with Gasteiger partial charge in [0.2, 0.25) is 11.8 Å². The first kappa shape index (κ1) is 19.6. The van der Waals surface area contributed by atoms with Crippen LogP contribution in [-0.2, 0) is 9.59 Å². The van der Waals surface area contributed by atoms with Gasteiger partial charge in [-0.1, -0.05) is 19.9 Å². The van der Waals surface area contributed by atoms with E-state index in [4.69, 9.17) is 0 Å². The summed E-state index contributed by atoms with van der Waals surface area (Å²) < 4.78 is 0. The molecule has 6 heteroatoms. The second-order valence-electron chi connectivity index (χ2n) is 8.11. The molecule has 0 aliphatic carbocycles. The summed E-state index contributed by atoms with van der Waals surface area (Å²) in [5.74, 6) is 2.00. The molecule has 3 heterocycles. The number of pyridine rings is 1. The van der Waals surface area contributed by atoms with E-state index in [1.54, 1.807) is 6.20 Å². The van der Waals surface area contributed by atoms with Crippen molar-refractivity contribution in [2.45, 2.75) is 39.5 Å². The van der Waals surface area contributed by atoms with Crippen LogP contribution in [0.2, 0.25) is 0 Å². The maximum atomic E-state index is 13.0. The molecule has 1 atom stereocenters. The van der Waals surface area contributed by atoms with Crippen molar-refractivity contribution in [2.75, 3.05) is 44.2 Å². The van der Waals surface area contributed by atoms with Crippen LogP contribution in [-0.4, -0.2) is 65.9 Å². The van der Waals surface area contributed by atoms with E-state index in [9.17, 15) is 9.59 Å². The Kier molecular flexibility index (Phi) is 6.69. The molecule has 2 aliphatic heterocycles. The van der Waals surface area contributed by atoms with Crippen molar-refractivity contribution < 1.29 is 9.59 Å². The quantitative estimate of drug-likeness (QED) is 0.796. The van der Waals surface area contributed by atoms with E-state index in [1.165, 1.54) is 0 Å². The second kappa shape index (κ2) is 9.20. The zero-order valence-electron chi connectivity index (χ0n) is 16.6. The second-order valence-corrected chi connectivity index (χ2v) is 8.11. The fourth-order valence-electron chi connectivity index (χ4n) is 3.93. The molecule has 2 fully saturated rings. The number of piperazine rings is 1. The Morgan fingerprint density at radius 1 is 1.11 bits per heavy atom. The van der Waals surface area contributed by atoms with Crippen LogP contribution in [0.4, 0.5) is 5.82 Å². The van der Waals surface area contributed by atoms with Gasteiger partial charge in [0, 0.05) is 51.9 Å². The molecule has 27 heavy (non-hydrogen) atoms. The summed E-state index contributed by atoms with van der Waals surface area (Å²) in [5, 5.41) is 0. The molecule has 0 radical (unpaired) electrons. The van der Waals surface area contributed by atoms with Crippen molar-refractivity contribution >= 4 is 17.6 Å². The highest BCUT2D eigenvalue weighted by atomic mass is 16.2. The predicted molar refractivity (Wildman–Crippen MR) is 106 cm³/mol. The van der Waals surface area contributed by atoms with Crippen LogP contribution in [0.3, 0.4) is 0 Å². The SMILES string of the molecule is CC(C)CCC(=O)N1CCN(C(=O)C2CCCN(c3ccccn3)C2)CC1. The lowest BCUT2D eigenvalue weighted by molar-refractivity contribution is -0.142. The molecule has 3 rings (SSSR count). The third-order valence-corrected chi connectivity index (χ3v) is 5.62. The molecule has 148 valence electrons. The van der Waals surface area contributed by atoms with Gasteiger partial charge in [0.05, 0.1) is 5.92 Å². The number of nitrogens with zero attached hydrogens (tertiary/aromatic N) is 4. The largest absolute Gasteiger partial charge is 0.356 e. The van der Waals surface area contributed by atoms with E-state index in [0.717, 1.165) is 38.2 Å². The third-order valence-electron chi connectivity index (χ3n) is 5.62. The summed E-state index contributed by atoms with van der Waals surface area (Å²) in [6, 6.07) is 5.91. The van der Waals surface area contributed by atoms with Crippen molar-refractivity contribution in [1.82, 2.24) is 14.8 Å². The number of anilines is 1. The summed E-state index contributed by atoms with van der Waals surface area (Å²) >= 11 is 0. The van der Waals surface area contributed by atoms with Crippen LogP contribution in [0, 0.1) is 11.8 Å². The van der Waals surface area contributed by atoms with Gasteiger partial charge in [-0.25, -0.2) is 4.98 Å². The topological polar surface area (TPSA) is 56.8 Å². The molecular formula is C21H32N4O2. The Morgan fingerprint density at radius 2 is 1.85 bits per heavy atom. The van der Waals surface area contributed by atoms with Crippen molar-refractivity contribution in [3.05, 3.63) is 24.4 Å². The molecule has 0 aromatic carbocycles. The average Bonchev–Trinajstić information content (AvgIpc) is 2.72. The molecule has 0 N–H and O–H groups in total. The summed E-state index contributed by atoms with van der Waals surface area (Å²) in [5.41, 5.74) is 0. The van der Waals surface area contributed by atoms with Crippen LogP contribution >= 0.6 is 0 Å². The van der Waals surface area contributed by atoms with E-state index in [0.29, 0.717) is 38.5 Å². The molecule has 2 aliphatic rings. The van der Waals surface area contributed by atoms with Gasteiger partial charge < -0.3 is 14.7 Å². The Bertz CT molecular complexity index is 626. The normalized spacial score (nSPS) is 20.9. The fourth-order valence-corrected chi connectivity index (χ4v) is 3.93. The summed E-state index contributed by atoms with van der Waals surface area (Å²) in [6.45, 7) is 8.63. The minimum absolute atomic E-state index is 0.0314. The van der Waals surface area contributed by atoms with Crippen molar-refractivity contribution in [2.24, 2.45) is 11.8 Å². The van der Waals surface area contributed by atoms with Crippen molar-refractivity contribution in [3.8, 4) is 0 Å². The number of carbonyl (C=O) groups is 2. The van der Waals surface area contributed by atoms with Gasteiger partial charge in [-0.3, -0.25) is 9.59 Å². The standard InChI is InChI=1S/C21H32N4O2/c1-17(2)8-9-20(26)23-12-14-24(15-13-23)21(27)18-6-5-11-25(16-18)19-7-3-4-10-22-19/h3-4,7,10,17-18H,5-6,8-9,11-16H2,1-2H3. The Morgan fingerprint density at radius 3 is 2.52 bits per heavy atom. The highest BCUT2D eigenvalue weighted by molar-refractivity contribution is 5.81. The minimum atomic E-state index is 0.0314. The average molecular weight is 373 g/mol. The molecular weight excluding hydrogens is 340 g/mol. The number of hydrogen-bond acceptors (Lipinski definition) is 4. The molecule has 6 nitrogen and oxygen atoms in total. The zero-order chi connectivity index (χ0) is 19.2. The van der Waals surface area contributed by atoms with E-state index < -0.39 is 0 Å². The number of aromatic nitrogens is 1. The van der Waals surface area contributed by atoms with Crippen LogP contribution in [0.15, 0.2) is 24.4 Å². The van der Waals surface area contributed by atoms with Gasteiger partial charge in [-0.05, 0) is 37.3 Å². The summed E-state index contributed by atoms with van der Waals surface area (Å²) in [4.78, 5) is 35.8. The zero-order valence-corrected chi connectivity index (χ0v) is 16.6. The van der Waals surface area contributed by atoms with Crippen molar-refractivity contribution in [1.29, 1.82) is 0 Å². The number of carbonyl (C=O) groups excluding carboxylic acids is 2. The van der Waals surface area contributed by atoms with E-state index >= 15 is 0 Å². The predicted octanol–water partition coefficient (Wildman–Crippen LogP) is 2.41. The molecule has 2 amide bonds. The minimum Gasteiger partial charge on any atom is -0.356 e. The number of amides is 2. The van der Waals surface area contributed by atoms with E-state index in [1.807, 2.05) is 28.0 Å². The highest BCUT2D eigenvalue weighted by Crippen LogP contribution is 2.23. The highest BCUT2D eigenvalue weighted by Gasteiger charge is 2.32. The van der Waals surface area contributed by atoms with Gasteiger partial charge in [0.15, 0.2) is 0 Å². The van der Waals surface area contributed by atoms with Crippen LogP contribution < -0.4 is 4.90 Å². The van der Waals surface area contributed by atoms with Gasteiger partial charge >= 0.3 is 0 Å². The Hall–Kier alpha value is -2.11. The maximum Gasteiger partial charge on any atom is 0.227 e. The first-order chi connectivity index (χ1) is 13.0.